The molecule has 1 aromatic heterocycles. The first-order valence-electron chi connectivity index (χ1n) is 3.78. The van der Waals surface area contributed by atoms with E-state index >= 15 is 0 Å². The molecule has 0 bridgehead atoms. The molecule has 0 saturated heterocycles. The predicted molar refractivity (Wildman–Crippen MR) is 54.6 cm³/mol. The topological polar surface area (TPSA) is 4.93 Å². The lowest BCUT2D eigenvalue weighted by atomic mass is 10.3. The number of benzene rings is 1. The molecule has 65 valence electrons. The molecule has 0 aliphatic heterocycles. The van der Waals surface area contributed by atoms with Crippen molar-refractivity contribution in [3.63, 3.8) is 0 Å². The van der Waals surface area contributed by atoms with Gasteiger partial charge in [-0.3, -0.25) is 0 Å². The van der Waals surface area contributed by atoms with Gasteiger partial charge >= 0.3 is 0 Å². The van der Waals surface area contributed by atoms with E-state index in [-0.39, 0.29) is 0 Å². The summed E-state index contributed by atoms with van der Waals surface area (Å²) in [5.74, 6) is 0. The van der Waals surface area contributed by atoms with Crippen LogP contribution in [0.4, 0.5) is 0 Å². The molecule has 0 unspecified atom stereocenters. The number of hydrogen-bond donors (Lipinski definition) is 0. The quantitative estimate of drug-likeness (QED) is 0.679. The van der Waals surface area contributed by atoms with E-state index in [9.17, 15) is 0 Å². The van der Waals surface area contributed by atoms with Crippen molar-refractivity contribution in [1.82, 2.24) is 4.57 Å². The standard InChI is InChI=1S/C10H6Cl2N/c11-8-3-4-9(12)10(7-8)13-5-1-2-6-13/h1-5,7H. The van der Waals surface area contributed by atoms with Crippen molar-refractivity contribution >= 4 is 23.2 Å². The molecule has 0 spiro atoms. The highest BCUT2D eigenvalue weighted by Crippen LogP contribution is 2.23. The Morgan fingerprint density at radius 1 is 1.23 bits per heavy atom. The maximum absolute atomic E-state index is 5.99. The molecule has 0 saturated carbocycles. The predicted octanol–water partition coefficient (Wildman–Crippen LogP) is 3.58. The molecule has 1 radical (unpaired) electrons. The second-order valence-corrected chi connectivity index (χ2v) is 3.45. The fraction of sp³-hybridized carbons (Fsp3) is 0. The zero-order valence-corrected chi connectivity index (χ0v) is 8.18. The van der Waals surface area contributed by atoms with Gasteiger partial charge < -0.3 is 4.57 Å². The fourth-order valence-electron chi connectivity index (χ4n) is 1.12. The normalized spacial score (nSPS) is 10.3. The van der Waals surface area contributed by atoms with Crippen LogP contribution in [0.25, 0.3) is 5.69 Å². The van der Waals surface area contributed by atoms with Gasteiger partial charge in [-0.25, -0.2) is 0 Å². The average Bonchev–Trinajstić information content (AvgIpc) is 2.61. The SMILES string of the molecule is Clc1ccc(Cl)c(-n2[c]ccc2)c1. The highest BCUT2D eigenvalue weighted by molar-refractivity contribution is 6.34. The summed E-state index contributed by atoms with van der Waals surface area (Å²) < 4.78 is 1.80. The van der Waals surface area contributed by atoms with E-state index in [1.807, 2.05) is 18.3 Å². The highest BCUT2D eigenvalue weighted by Gasteiger charge is 2.01. The first-order chi connectivity index (χ1) is 6.27. The van der Waals surface area contributed by atoms with Gasteiger partial charge in [0.1, 0.15) is 0 Å². The first-order valence-corrected chi connectivity index (χ1v) is 4.53. The zero-order valence-electron chi connectivity index (χ0n) is 6.67. The van der Waals surface area contributed by atoms with Crippen molar-refractivity contribution in [1.29, 1.82) is 0 Å². The molecule has 2 rings (SSSR count). The Labute approximate surface area is 86.5 Å². The summed E-state index contributed by atoms with van der Waals surface area (Å²) >= 11 is 11.8. The van der Waals surface area contributed by atoms with Gasteiger partial charge in [0.2, 0.25) is 0 Å². The Balaban J connectivity index is 2.57. The third-order valence-corrected chi connectivity index (χ3v) is 2.27. The number of hydrogen-bond acceptors (Lipinski definition) is 0. The van der Waals surface area contributed by atoms with Gasteiger partial charge in [-0.2, -0.15) is 0 Å². The van der Waals surface area contributed by atoms with Crippen molar-refractivity contribution in [3.05, 3.63) is 52.8 Å². The Morgan fingerprint density at radius 2 is 2.08 bits per heavy atom. The Morgan fingerprint density at radius 3 is 2.77 bits per heavy atom. The number of aromatic nitrogens is 1. The van der Waals surface area contributed by atoms with Gasteiger partial charge in [0.15, 0.2) is 0 Å². The van der Waals surface area contributed by atoms with Gasteiger partial charge in [-0.15, -0.1) is 0 Å². The molecule has 0 aliphatic rings. The summed E-state index contributed by atoms with van der Waals surface area (Å²) in [6.07, 6.45) is 4.87. The molecule has 0 amide bonds. The minimum Gasteiger partial charge on any atom is -0.314 e. The molecule has 0 N–H and O–H groups in total. The van der Waals surface area contributed by atoms with E-state index in [0.717, 1.165) is 5.69 Å². The third kappa shape index (κ3) is 1.71. The van der Waals surface area contributed by atoms with E-state index in [1.165, 1.54) is 0 Å². The number of halogens is 2. The Bertz CT molecular complexity index is 407. The van der Waals surface area contributed by atoms with Crippen LogP contribution in [0.3, 0.4) is 0 Å². The van der Waals surface area contributed by atoms with E-state index in [1.54, 1.807) is 22.8 Å². The van der Waals surface area contributed by atoms with E-state index in [4.69, 9.17) is 23.2 Å². The summed E-state index contributed by atoms with van der Waals surface area (Å²) in [4.78, 5) is 0. The van der Waals surface area contributed by atoms with Gasteiger partial charge in [-0.1, -0.05) is 23.2 Å². The van der Waals surface area contributed by atoms with Gasteiger partial charge in [0.05, 0.1) is 16.9 Å². The van der Waals surface area contributed by atoms with Crippen LogP contribution >= 0.6 is 23.2 Å². The summed E-state index contributed by atoms with van der Waals surface area (Å²) in [7, 11) is 0. The molecule has 1 heterocycles. The summed E-state index contributed by atoms with van der Waals surface area (Å²) in [5, 5.41) is 1.33. The van der Waals surface area contributed by atoms with Crippen LogP contribution in [0, 0.1) is 6.20 Å². The van der Waals surface area contributed by atoms with Crippen LogP contribution in [0.1, 0.15) is 0 Å². The monoisotopic (exact) mass is 210 g/mol. The molecule has 1 nitrogen and oxygen atoms in total. The van der Waals surface area contributed by atoms with E-state index < -0.39 is 0 Å². The highest BCUT2D eigenvalue weighted by atomic mass is 35.5. The van der Waals surface area contributed by atoms with Crippen molar-refractivity contribution in [2.24, 2.45) is 0 Å². The molecule has 0 aliphatic carbocycles. The van der Waals surface area contributed by atoms with Crippen molar-refractivity contribution in [2.75, 3.05) is 0 Å². The average molecular weight is 211 g/mol. The lowest BCUT2D eigenvalue weighted by molar-refractivity contribution is 1.07. The second kappa shape index (κ2) is 3.44. The van der Waals surface area contributed by atoms with Crippen LogP contribution in [-0.4, -0.2) is 4.57 Å². The van der Waals surface area contributed by atoms with Crippen LogP contribution in [0.2, 0.25) is 10.0 Å². The summed E-state index contributed by atoms with van der Waals surface area (Å²) in [6.45, 7) is 0. The summed E-state index contributed by atoms with van der Waals surface area (Å²) in [6, 6.07) is 9.04. The lowest BCUT2D eigenvalue weighted by Gasteiger charge is -2.04. The van der Waals surface area contributed by atoms with E-state index in [0.29, 0.717) is 10.0 Å². The lowest BCUT2D eigenvalue weighted by Crippen LogP contribution is -1.90. The van der Waals surface area contributed by atoms with Gasteiger partial charge in [-0.05, 0) is 30.3 Å². The smallest absolute Gasteiger partial charge is 0.0697 e. The second-order valence-electron chi connectivity index (χ2n) is 2.60. The first kappa shape index (κ1) is 8.67. The molecular formula is C10H6Cl2N. The van der Waals surface area contributed by atoms with E-state index in [2.05, 4.69) is 6.20 Å². The van der Waals surface area contributed by atoms with Crippen LogP contribution in [-0.2, 0) is 0 Å². The Hall–Kier alpha value is -0.920. The summed E-state index contributed by atoms with van der Waals surface area (Å²) in [5.41, 5.74) is 0.846. The molecule has 13 heavy (non-hydrogen) atoms. The van der Waals surface area contributed by atoms with Crippen molar-refractivity contribution in [3.8, 4) is 5.69 Å². The maximum atomic E-state index is 5.99. The van der Waals surface area contributed by atoms with Crippen LogP contribution in [0.5, 0.6) is 0 Å². The fourth-order valence-corrected chi connectivity index (χ4v) is 1.49. The Kier molecular flexibility index (Phi) is 2.30. The molecule has 0 fully saturated rings. The number of nitrogens with zero attached hydrogens (tertiary/aromatic N) is 1. The van der Waals surface area contributed by atoms with Crippen molar-refractivity contribution in [2.45, 2.75) is 0 Å². The zero-order chi connectivity index (χ0) is 9.26. The van der Waals surface area contributed by atoms with Gasteiger partial charge in [0, 0.05) is 11.2 Å². The molecule has 0 atom stereocenters. The number of rotatable bonds is 1. The molecule has 3 heteroatoms. The minimum absolute atomic E-state index is 0.664. The molecule has 2 aromatic rings. The minimum atomic E-state index is 0.664. The maximum Gasteiger partial charge on any atom is 0.0697 e. The molecule has 1 aromatic carbocycles. The largest absolute Gasteiger partial charge is 0.314 e. The van der Waals surface area contributed by atoms with Crippen LogP contribution in [0.15, 0.2) is 36.5 Å². The van der Waals surface area contributed by atoms with Crippen LogP contribution < -0.4 is 0 Å². The molecular weight excluding hydrogens is 205 g/mol. The van der Waals surface area contributed by atoms with Crippen molar-refractivity contribution < 1.29 is 0 Å². The third-order valence-electron chi connectivity index (χ3n) is 1.71. The van der Waals surface area contributed by atoms with Gasteiger partial charge in [0.25, 0.3) is 0 Å².